The molecular formula is C49H38N2O2. The van der Waals surface area contributed by atoms with Crippen LogP contribution in [0.5, 0.6) is 5.75 Å². The Morgan fingerprint density at radius 1 is 0.679 bits per heavy atom. The average molecular weight is 687 g/mol. The highest BCUT2D eigenvalue weighted by Crippen LogP contribution is 2.43. The van der Waals surface area contributed by atoms with Gasteiger partial charge >= 0.3 is 0 Å². The Kier molecular flexibility index (Phi) is 7.59. The van der Waals surface area contributed by atoms with Gasteiger partial charge in [-0.05, 0) is 87.5 Å². The summed E-state index contributed by atoms with van der Waals surface area (Å²) in [5, 5.41) is 5.94. The number of nitrogens with zero attached hydrogens (tertiary/aromatic N) is 1. The monoisotopic (exact) mass is 686 g/mol. The normalized spacial score (nSPS) is 17.4. The molecule has 0 fully saturated rings. The predicted octanol–water partition coefficient (Wildman–Crippen LogP) is 11.9. The third kappa shape index (κ3) is 5.37. The van der Waals surface area contributed by atoms with Crippen LogP contribution in [0.1, 0.15) is 59.0 Å². The van der Waals surface area contributed by atoms with Gasteiger partial charge in [-0.3, -0.25) is 4.99 Å². The summed E-state index contributed by atoms with van der Waals surface area (Å²) >= 11 is 0. The third-order valence-corrected chi connectivity index (χ3v) is 11.1. The van der Waals surface area contributed by atoms with Gasteiger partial charge in [0.05, 0.1) is 17.8 Å². The fourth-order valence-electron chi connectivity index (χ4n) is 8.46. The van der Waals surface area contributed by atoms with E-state index in [1.807, 2.05) is 36.4 Å². The third-order valence-electron chi connectivity index (χ3n) is 11.1. The zero-order valence-corrected chi connectivity index (χ0v) is 29.5. The van der Waals surface area contributed by atoms with E-state index < -0.39 is 6.10 Å². The van der Waals surface area contributed by atoms with Gasteiger partial charge in [0.1, 0.15) is 17.1 Å². The molecule has 0 radical (unpaired) electrons. The maximum Gasteiger partial charge on any atom is 0.160 e. The van der Waals surface area contributed by atoms with Crippen molar-refractivity contribution in [3.05, 3.63) is 185 Å². The molecule has 0 saturated carbocycles. The number of para-hydroxylation sites is 1. The highest BCUT2D eigenvalue weighted by atomic mass is 16.5. The average Bonchev–Trinajstić information content (AvgIpc) is 3.76. The Hall–Kier alpha value is -6.23. The minimum absolute atomic E-state index is 0.167. The second kappa shape index (κ2) is 12.8. The number of rotatable bonds is 6. The number of allylic oxidation sites excluding steroid dienone is 1. The van der Waals surface area contributed by atoms with Gasteiger partial charge in [0.15, 0.2) is 6.10 Å². The molecule has 1 aromatic heterocycles. The molecular weight excluding hydrogens is 649 g/mol. The topological polar surface area (TPSA) is 60.8 Å². The Balaban J connectivity index is 1.03. The molecule has 1 aliphatic heterocycles. The standard InChI is InChI=1S/C49H38N2O2/c1-30(51-47(34-13-3-2-4-14-34)49-46(50)41-19-9-10-21-44(41)52-49)42-29-43-39-27-26-35(28-45(39)53-48(43)40-18-8-7-17-38(40)42)31-22-24-33(25-23-31)37-20-11-15-32-12-5-6-16-36(32)37/h2-25,28-30,46,49H,26-27,50H2,1H3. The number of aliphatic imine (C=N–C) groups is 1. The SMILES string of the molecule is CC(N=C(c1ccccc1)C1Oc2ccccc2C1N)c1cc2c3c(oc2c2ccccc12)C=C(c1ccc(-c2cccc4ccccc24)cc1)CC3. The summed E-state index contributed by atoms with van der Waals surface area (Å²) in [5.41, 5.74) is 18.1. The molecule has 0 spiro atoms. The van der Waals surface area contributed by atoms with Crippen LogP contribution in [0.2, 0.25) is 0 Å². The van der Waals surface area contributed by atoms with Crippen LogP contribution in [0.3, 0.4) is 0 Å². The van der Waals surface area contributed by atoms with Gasteiger partial charge in [-0.25, -0.2) is 0 Å². The lowest BCUT2D eigenvalue weighted by molar-refractivity contribution is 0.275. The molecule has 3 unspecified atom stereocenters. The minimum Gasteiger partial charge on any atom is -0.482 e. The number of hydrogen-bond donors (Lipinski definition) is 1. The molecule has 4 heteroatoms. The van der Waals surface area contributed by atoms with Crippen LogP contribution in [-0.2, 0) is 6.42 Å². The van der Waals surface area contributed by atoms with Crippen molar-refractivity contribution >= 4 is 49.9 Å². The highest BCUT2D eigenvalue weighted by molar-refractivity contribution is 6.09. The van der Waals surface area contributed by atoms with E-state index in [2.05, 4.69) is 128 Å². The fraction of sp³-hybridized carbons (Fsp3) is 0.122. The number of aryl methyl sites for hydroxylation is 1. The van der Waals surface area contributed by atoms with E-state index in [1.165, 1.54) is 44.0 Å². The lowest BCUT2D eigenvalue weighted by Gasteiger charge is -2.21. The van der Waals surface area contributed by atoms with E-state index in [9.17, 15) is 0 Å². The van der Waals surface area contributed by atoms with Gasteiger partial charge in [0, 0.05) is 21.9 Å². The molecule has 2 aliphatic rings. The Labute approximate surface area is 308 Å². The molecule has 3 atom stereocenters. The molecule has 8 aromatic rings. The first-order chi connectivity index (χ1) is 26.1. The van der Waals surface area contributed by atoms with Crippen molar-refractivity contribution in [3.63, 3.8) is 0 Å². The molecule has 2 N–H and O–H groups in total. The lowest BCUT2D eigenvalue weighted by Crippen LogP contribution is -2.34. The quantitative estimate of drug-likeness (QED) is 0.177. The Morgan fingerprint density at radius 3 is 2.21 bits per heavy atom. The maximum atomic E-state index is 6.85. The van der Waals surface area contributed by atoms with Gasteiger partial charge in [-0.2, -0.15) is 0 Å². The Bertz CT molecular complexity index is 2730. The molecule has 0 bridgehead atoms. The van der Waals surface area contributed by atoms with Crippen molar-refractivity contribution in [2.75, 3.05) is 0 Å². The molecule has 0 saturated heterocycles. The molecule has 1 aliphatic carbocycles. The maximum absolute atomic E-state index is 6.85. The van der Waals surface area contributed by atoms with Crippen LogP contribution in [0.4, 0.5) is 0 Å². The second-order valence-electron chi connectivity index (χ2n) is 14.3. The molecule has 0 amide bonds. The van der Waals surface area contributed by atoms with Crippen molar-refractivity contribution in [3.8, 4) is 16.9 Å². The zero-order valence-electron chi connectivity index (χ0n) is 29.5. The van der Waals surface area contributed by atoms with Gasteiger partial charge in [0.25, 0.3) is 0 Å². The molecule has 2 heterocycles. The highest BCUT2D eigenvalue weighted by Gasteiger charge is 2.36. The summed E-state index contributed by atoms with van der Waals surface area (Å²) in [7, 11) is 0. The smallest absolute Gasteiger partial charge is 0.160 e. The first-order valence-electron chi connectivity index (χ1n) is 18.5. The molecule has 7 aromatic carbocycles. The number of benzene rings is 7. The second-order valence-corrected chi connectivity index (χ2v) is 14.3. The van der Waals surface area contributed by atoms with Crippen LogP contribution in [0.25, 0.3) is 55.3 Å². The molecule has 53 heavy (non-hydrogen) atoms. The van der Waals surface area contributed by atoms with Crippen LogP contribution >= 0.6 is 0 Å². The summed E-state index contributed by atoms with van der Waals surface area (Å²) in [6.07, 6.45) is 3.72. The van der Waals surface area contributed by atoms with Crippen molar-refractivity contribution in [2.45, 2.75) is 38.0 Å². The first kappa shape index (κ1) is 31.5. The lowest BCUT2D eigenvalue weighted by atomic mass is 9.88. The number of hydrogen-bond acceptors (Lipinski definition) is 4. The number of ether oxygens (including phenoxy) is 1. The summed E-state index contributed by atoms with van der Waals surface area (Å²) in [6, 6.07) is 52.9. The summed E-state index contributed by atoms with van der Waals surface area (Å²) in [5.74, 6) is 1.78. The number of nitrogens with two attached hydrogens (primary N) is 1. The van der Waals surface area contributed by atoms with Crippen molar-refractivity contribution in [2.24, 2.45) is 10.7 Å². The number of fused-ring (bicyclic) bond motifs is 7. The van der Waals surface area contributed by atoms with Crippen LogP contribution in [-0.4, -0.2) is 11.8 Å². The zero-order chi connectivity index (χ0) is 35.5. The van der Waals surface area contributed by atoms with E-state index in [4.69, 9.17) is 19.9 Å². The minimum atomic E-state index is -0.390. The van der Waals surface area contributed by atoms with E-state index in [-0.39, 0.29) is 12.1 Å². The van der Waals surface area contributed by atoms with Crippen LogP contribution in [0.15, 0.2) is 161 Å². The summed E-state index contributed by atoms with van der Waals surface area (Å²) in [6.45, 7) is 2.18. The van der Waals surface area contributed by atoms with Gasteiger partial charge < -0.3 is 14.9 Å². The van der Waals surface area contributed by atoms with Gasteiger partial charge in [0.2, 0.25) is 0 Å². The van der Waals surface area contributed by atoms with E-state index >= 15 is 0 Å². The fourth-order valence-corrected chi connectivity index (χ4v) is 8.46. The van der Waals surface area contributed by atoms with E-state index in [0.717, 1.165) is 63.1 Å². The summed E-state index contributed by atoms with van der Waals surface area (Å²) in [4.78, 5) is 5.45. The van der Waals surface area contributed by atoms with Crippen molar-refractivity contribution < 1.29 is 9.15 Å². The molecule has 10 rings (SSSR count). The Morgan fingerprint density at radius 2 is 1.38 bits per heavy atom. The van der Waals surface area contributed by atoms with Crippen molar-refractivity contribution in [1.29, 1.82) is 0 Å². The van der Waals surface area contributed by atoms with Crippen LogP contribution in [0, 0.1) is 0 Å². The van der Waals surface area contributed by atoms with E-state index in [1.54, 1.807) is 0 Å². The predicted molar refractivity (Wildman–Crippen MR) is 218 cm³/mol. The van der Waals surface area contributed by atoms with Crippen LogP contribution < -0.4 is 10.5 Å². The molecule has 256 valence electrons. The number of furan rings is 1. The summed E-state index contributed by atoms with van der Waals surface area (Å²) < 4.78 is 13.3. The van der Waals surface area contributed by atoms with Crippen molar-refractivity contribution in [1.82, 2.24) is 0 Å². The first-order valence-corrected chi connectivity index (χ1v) is 18.5. The van der Waals surface area contributed by atoms with Gasteiger partial charge in [-0.1, -0.05) is 140 Å². The van der Waals surface area contributed by atoms with Gasteiger partial charge in [-0.15, -0.1) is 0 Å². The van der Waals surface area contributed by atoms with E-state index in [0.29, 0.717) is 0 Å². The molecule has 4 nitrogen and oxygen atoms in total. The largest absolute Gasteiger partial charge is 0.482 e.